The number of unbranched alkanes of at least 4 members (excludes halogenated alkanes) is 1. The zero-order chi connectivity index (χ0) is 26.4. The minimum atomic E-state index is -1.19. The molecule has 1 aliphatic heterocycles. The summed E-state index contributed by atoms with van der Waals surface area (Å²) in [6, 6.07) is 12.7. The molecule has 4 rings (SSSR count). The van der Waals surface area contributed by atoms with Crippen molar-refractivity contribution in [1.29, 1.82) is 0 Å². The summed E-state index contributed by atoms with van der Waals surface area (Å²) in [6.07, 6.45) is 4.65. The molecule has 1 saturated heterocycles. The van der Waals surface area contributed by atoms with Crippen LogP contribution in [0, 0.1) is 11.8 Å². The number of carboxylic acids is 1. The first-order valence-corrected chi connectivity index (χ1v) is 13.6. The van der Waals surface area contributed by atoms with Crippen molar-refractivity contribution in [3.63, 3.8) is 0 Å². The first kappa shape index (κ1) is 27.6. The van der Waals surface area contributed by atoms with E-state index in [9.17, 15) is 9.90 Å². The molecule has 0 spiro atoms. The third kappa shape index (κ3) is 6.92. The molecule has 8 heteroatoms. The van der Waals surface area contributed by atoms with Gasteiger partial charge in [0.2, 0.25) is 0 Å². The largest absolute Gasteiger partial charge is 0.497 e. The number of carboxylic acid groups (broad SMARTS) is 1. The number of likely N-dealkylation sites (tertiary alicyclic amines) is 1. The Morgan fingerprint density at radius 1 is 1.22 bits per heavy atom. The lowest BCUT2D eigenvalue weighted by Crippen LogP contribution is -2.44. The summed E-state index contributed by atoms with van der Waals surface area (Å²) in [5, 5.41) is 12.0. The van der Waals surface area contributed by atoms with Crippen LogP contribution in [0.3, 0.4) is 0 Å². The van der Waals surface area contributed by atoms with Gasteiger partial charge in [0, 0.05) is 28.2 Å². The van der Waals surface area contributed by atoms with Crippen molar-refractivity contribution in [2.45, 2.75) is 44.7 Å². The Kier molecular flexibility index (Phi) is 9.63. The summed E-state index contributed by atoms with van der Waals surface area (Å²) >= 11 is 12.5. The maximum Gasteiger partial charge on any atom is 0.308 e. The van der Waals surface area contributed by atoms with Crippen LogP contribution in [-0.4, -0.2) is 47.7 Å². The predicted octanol–water partition coefficient (Wildman–Crippen LogP) is 7.39. The van der Waals surface area contributed by atoms with E-state index in [4.69, 9.17) is 27.9 Å². The fourth-order valence-electron chi connectivity index (χ4n) is 5.37. The number of carbonyl (C=O) groups is 1. The van der Waals surface area contributed by atoms with Gasteiger partial charge in [-0.15, -0.1) is 0 Å². The second-order valence-corrected chi connectivity index (χ2v) is 10.6. The molecule has 0 unspecified atom stereocenters. The number of benzene rings is 2. The highest BCUT2D eigenvalue weighted by molar-refractivity contribution is 6.35. The number of methoxy groups -OCH3 is 1. The van der Waals surface area contributed by atoms with Gasteiger partial charge in [-0.3, -0.25) is 9.78 Å². The van der Waals surface area contributed by atoms with Gasteiger partial charge in [-0.05, 0) is 105 Å². The minimum Gasteiger partial charge on any atom is -0.497 e. The van der Waals surface area contributed by atoms with Crippen molar-refractivity contribution >= 4 is 40.1 Å². The maximum atomic E-state index is 15.4. The second kappa shape index (κ2) is 12.9. The van der Waals surface area contributed by atoms with E-state index in [1.54, 1.807) is 19.4 Å². The van der Waals surface area contributed by atoms with E-state index in [2.05, 4.69) is 9.88 Å². The summed E-state index contributed by atoms with van der Waals surface area (Å²) in [5.74, 6) is -0.681. The molecular formula is C29H33Cl2FN2O3. The number of ether oxygens (including phenoxy) is 1. The molecule has 1 aliphatic rings. The number of nitrogens with zero attached hydrogens (tertiary/aromatic N) is 2. The molecule has 0 aliphatic carbocycles. The van der Waals surface area contributed by atoms with Crippen molar-refractivity contribution in [2.24, 2.45) is 11.8 Å². The Labute approximate surface area is 227 Å². The molecule has 0 bridgehead atoms. The Morgan fingerprint density at radius 2 is 2.00 bits per heavy atom. The van der Waals surface area contributed by atoms with E-state index < -0.39 is 18.1 Å². The van der Waals surface area contributed by atoms with E-state index in [0.29, 0.717) is 34.3 Å². The van der Waals surface area contributed by atoms with Gasteiger partial charge in [-0.2, -0.15) is 0 Å². The standard InChI is InChI=1S/C29H33Cl2FN2O3/c1-37-20-9-11-28-23(17-20)21(12-14-33-28)27(32)10-8-19-13-16-34(18-24(19)29(35)36)15-3-2-5-22-25(30)6-4-7-26(22)31/h4,6-7,9,11-12,14,17,19,24,27H,2-3,5,8,10,13,15-16,18H2,1H3,(H,35,36)/t19-,24+,27-/m1/s1. The Balaban J connectivity index is 1.30. The Bertz CT molecular complexity index is 1200. The van der Waals surface area contributed by atoms with Crippen LogP contribution in [0.4, 0.5) is 4.39 Å². The average Bonchev–Trinajstić information content (AvgIpc) is 2.90. The van der Waals surface area contributed by atoms with Crippen LogP contribution < -0.4 is 4.74 Å². The van der Waals surface area contributed by atoms with Gasteiger partial charge in [-0.1, -0.05) is 29.3 Å². The maximum absolute atomic E-state index is 15.4. The van der Waals surface area contributed by atoms with Crippen LogP contribution in [0.15, 0.2) is 48.7 Å². The van der Waals surface area contributed by atoms with Gasteiger partial charge in [0.15, 0.2) is 0 Å². The molecule has 0 radical (unpaired) electrons. The van der Waals surface area contributed by atoms with E-state index >= 15 is 4.39 Å². The lowest BCUT2D eigenvalue weighted by Gasteiger charge is -2.37. The first-order valence-electron chi connectivity index (χ1n) is 12.8. The number of alkyl halides is 1. The SMILES string of the molecule is COc1ccc2nccc([C@H](F)CC[C@@H]3CCN(CCCCc4c(Cl)cccc4Cl)C[C@@H]3C(=O)O)c2c1. The van der Waals surface area contributed by atoms with Gasteiger partial charge in [-0.25, -0.2) is 4.39 Å². The normalized spacial score (nSPS) is 19.1. The first-order chi connectivity index (χ1) is 17.9. The van der Waals surface area contributed by atoms with Crippen molar-refractivity contribution in [1.82, 2.24) is 9.88 Å². The van der Waals surface area contributed by atoms with E-state index in [-0.39, 0.29) is 12.3 Å². The van der Waals surface area contributed by atoms with Gasteiger partial charge in [0.25, 0.3) is 0 Å². The highest BCUT2D eigenvalue weighted by atomic mass is 35.5. The number of aromatic nitrogens is 1. The van der Waals surface area contributed by atoms with Crippen LogP contribution in [0.5, 0.6) is 5.75 Å². The Morgan fingerprint density at radius 3 is 2.73 bits per heavy atom. The number of rotatable bonds is 11. The second-order valence-electron chi connectivity index (χ2n) is 9.78. The fourth-order valence-corrected chi connectivity index (χ4v) is 5.95. The number of halogens is 3. The zero-order valence-corrected chi connectivity index (χ0v) is 22.5. The van der Waals surface area contributed by atoms with Gasteiger partial charge in [0.05, 0.1) is 18.5 Å². The van der Waals surface area contributed by atoms with E-state index in [0.717, 1.165) is 55.2 Å². The van der Waals surface area contributed by atoms with Gasteiger partial charge >= 0.3 is 5.97 Å². The fraction of sp³-hybridized carbons (Fsp3) is 0.448. The summed E-state index contributed by atoms with van der Waals surface area (Å²) in [7, 11) is 1.58. The van der Waals surface area contributed by atoms with Crippen molar-refractivity contribution in [3.8, 4) is 5.75 Å². The molecule has 0 amide bonds. The smallest absolute Gasteiger partial charge is 0.308 e. The van der Waals surface area contributed by atoms with Crippen molar-refractivity contribution < 1.29 is 19.0 Å². The molecule has 37 heavy (non-hydrogen) atoms. The Hall–Kier alpha value is -2.41. The van der Waals surface area contributed by atoms with Crippen LogP contribution in [0.25, 0.3) is 10.9 Å². The zero-order valence-electron chi connectivity index (χ0n) is 21.0. The average molecular weight is 547 g/mol. The lowest BCUT2D eigenvalue weighted by atomic mass is 9.81. The molecule has 3 aromatic rings. The minimum absolute atomic E-state index is 0.0448. The van der Waals surface area contributed by atoms with Crippen LogP contribution >= 0.6 is 23.2 Å². The number of hydrogen-bond acceptors (Lipinski definition) is 4. The summed E-state index contributed by atoms with van der Waals surface area (Å²) in [6.45, 7) is 2.15. The molecule has 2 aromatic carbocycles. The van der Waals surface area contributed by atoms with Crippen LogP contribution in [-0.2, 0) is 11.2 Å². The quantitative estimate of drug-likeness (QED) is 0.254. The molecule has 2 heterocycles. The number of pyridine rings is 1. The summed E-state index contributed by atoms with van der Waals surface area (Å²) in [4.78, 5) is 18.6. The van der Waals surface area contributed by atoms with Crippen LogP contribution in [0.2, 0.25) is 10.0 Å². The van der Waals surface area contributed by atoms with Crippen molar-refractivity contribution in [2.75, 3.05) is 26.7 Å². The number of fused-ring (bicyclic) bond motifs is 1. The highest BCUT2D eigenvalue weighted by Gasteiger charge is 2.34. The lowest BCUT2D eigenvalue weighted by molar-refractivity contribution is -0.146. The summed E-state index contributed by atoms with van der Waals surface area (Å²) < 4.78 is 20.7. The number of aliphatic carboxylic acids is 1. The summed E-state index contributed by atoms with van der Waals surface area (Å²) in [5.41, 5.74) is 2.26. The molecule has 1 N–H and O–H groups in total. The van der Waals surface area contributed by atoms with E-state index in [1.807, 2.05) is 36.4 Å². The molecule has 0 saturated carbocycles. The van der Waals surface area contributed by atoms with E-state index in [1.165, 1.54) is 0 Å². The molecule has 5 nitrogen and oxygen atoms in total. The third-order valence-electron chi connectivity index (χ3n) is 7.48. The highest BCUT2D eigenvalue weighted by Crippen LogP contribution is 2.35. The van der Waals surface area contributed by atoms with Gasteiger partial charge < -0.3 is 14.7 Å². The molecule has 1 fully saturated rings. The van der Waals surface area contributed by atoms with Crippen LogP contribution in [0.1, 0.15) is 49.4 Å². The molecule has 1 aromatic heterocycles. The molecular weight excluding hydrogens is 514 g/mol. The molecule has 198 valence electrons. The van der Waals surface area contributed by atoms with Gasteiger partial charge in [0.1, 0.15) is 11.9 Å². The predicted molar refractivity (Wildman–Crippen MR) is 146 cm³/mol. The monoisotopic (exact) mass is 546 g/mol. The third-order valence-corrected chi connectivity index (χ3v) is 8.19. The number of hydrogen-bond donors (Lipinski definition) is 1. The number of piperidine rings is 1. The van der Waals surface area contributed by atoms with Crippen molar-refractivity contribution in [3.05, 3.63) is 69.8 Å². The molecule has 3 atom stereocenters. The topological polar surface area (TPSA) is 62.7 Å².